The summed E-state index contributed by atoms with van der Waals surface area (Å²) in [5.41, 5.74) is 4.17. The Balaban J connectivity index is 2.14. The van der Waals surface area contributed by atoms with Gasteiger partial charge in [-0.2, -0.15) is 0 Å². The van der Waals surface area contributed by atoms with Crippen molar-refractivity contribution in [2.75, 3.05) is 6.61 Å². The summed E-state index contributed by atoms with van der Waals surface area (Å²) in [5, 5.41) is 0.392. The zero-order valence-electron chi connectivity index (χ0n) is 11.7. The lowest BCUT2D eigenvalue weighted by atomic mass is 9.98. The van der Waals surface area contributed by atoms with E-state index in [0.29, 0.717) is 11.6 Å². The Labute approximate surface area is 128 Å². The Bertz CT molecular complexity index is 674. The first-order chi connectivity index (χ1) is 9.49. The van der Waals surface area contributed by atoms with Crippen LogP contribution in [0.2, 0.25) is 5.02 Å². The molecule has 0 bridgehead atoms. The molecule has 20 heavy (non-hydrogen) atoms. The third-order valence-electron chi connectivity index (χ3n) is 3.92. The Kier molecular flexibility index (Phi) is 3.47. The van der Waals surface area contributed by atoms with Gasteiger partial charge in [0, 0.05) is 22.6 Å². The summed E-state index contributed by atoms with van der Waals surface area (Å²) in [6, 6.07) is 3.85. The van der Waals surface area contributed by atoms with E-state index >= 15 is 0 Å². The number of benzene rings is 1. The Hall–Kier alpha value is -1.12. The molecule has 0 fully saturated rings. The van der Waals surface area contributed by atoms with Crippen LogP contribution in [0.15, 0.2) is 16.5 Å². The summed E-state index contributed by atoms with van der Waals surface area (Å²) in [7, 11) is 0. The number of aryl methyl sites for hydroxylation is 2. The molecule has 1 unspecified atom stereocenters. The SMILES string of the molecule is Cc1oc(C)c(C(Cl)c2cc(Cl)cc3c2OCC3)c1C. The van der Waals surface area contributed by atoms with E-state index in [4.69, 9.17) is 32.4 Å². The van der Waals surface area contributed by atoms with E-state index in [2.05, 4.69) is 0 Å². The van der Waals surface area contributed by atoms with E-state index in [0.717, 1.165) is 45.9 Å². The van der Waals surface area contributed by atoms with Gasteiger partial charge >= 0.3 is 0 Å². The van der Waals surface area contributed by atoms with Gasteiger partial charge in [0.25, 0.3) is 0 Å². The molecule has 0 amide bonds. The lowest BCUT2D eigenvalue weighted by Gasteiger charge is -2.15. The van der Waals surface area contributed by atoms with Gasteiger partial charge < -0.3 is 9.15 Å². The number of hydrogen-bond acceptors (Lipinski definition) is 2. The first-order valence-corrected chi connectivity index (χ1v) is 7.46. The maximum Gasteiger partial charge on any atom is 0.127 e. The van der Waals surface area contributed by atoms with E-state index < -0.39 is 0 Å². The Morgan fingerprint density at radius 3 is 2.55 bits per heavy atom. The molecule has 2 heterocycles. The zero-order chi connectivity index (χ0) is 14.4. The lowest BCUT2D eigenvalue weighted by Crippen LogP contribution is -1.99. The Morgan fingerprint density at radius 2 is 1.90 bits per heavy atom. The predicted octanol–water partition coefficient (Wildman–Crippen LogP) is 5.12. The number of alkyl halides is 1. The van der Waals surface area contributed by atoms with Crippen molar-refractivity contribution in [1.29, 1.82) is 0 Å². The predicted molar refractivity (Wildman–Crippen MR) is 81.3 cm³/mol. The quantitative estimate of drug-likeness (QED) is 0.718. The average Bonchev–Trinajstić information content (AvgIpc) is 2.93. The standard InChI is InChI=1S/C16H16Cl2O2/c1-8-9(2)20-10(3)14(8)15(18)13-7-12(17)6-11-4-5-19-16(11)13/h6-7,15H,4-5H2,1-3H3. The summed E-state index contributed by atoms with van der Waals surface area (Å²) in [6.45, 7) is 6.61. The second kappa shape index (κ2) is 5.01. The molecular formula is C16H16Cl2O2. The molecule has 1 aromatic heterocycles. The molecule has 1 aromatic carbocycles. The molecule has 3 rings (SSSR count). The second-order valence-electron chi connectivity index (χ2n) is 5.20. The minimum absolute atomic E-state index is 0.307. The molecule has 0 aliphatic carbocycles. The van der Waals surface area contributed by atoms with E-state index in [1.54, 1.807) is 0 Å². The van der Waals surface area contributed by atoms with Crippen LogP contribution in [0, 0.1) is 20.8 Å². The molecule has 0 spiro atoms. The summed E-state index contributed by atoms with van der Waals surface area (Å²) in [4.78, 5) is 0. The normalized spacial score (nSPS) is 15.1. The topological polar surface area (TPSA) is 22.4 Å². The van der Waals surface area contributed by atoms with Crippen LogP contribution in [0.25, 0.3) is 0 Å². The highest BCUT2D eigenvalue weighted by atomic mass is 35.5. The van der Waals surface area contributed by atoms with Crippen LogP contribution >= 0.6 is 23.2 Å². The fraction of sp³-hybridized carbons (Fsp3) is 0.375. The van der Waals surface area contributed by atoms with Crippen LogP contribution in [0.3, 0.4) is 0 Å². The van der Waals surface area contributed by atoms with Crippen molar-refractivity contribution in [3.8, 4) is 5.75 Å². The number of fused-ring (bicyclic) bond motifs is 1. The van der Waals surface area contributed by atoms with Gasteiger partial charge in [-0.25, -0.2) is 0 Å². The molecule has 4 heteroatoms. The van der Waals surface area contributed by atoms with Crippen LogP contribution in [-0.4, -0.2) is 6.61 Å². The minimum Gasteiger partial charge on any atom is -0.493 e. The molecule has 0 radical (unpaired) electrons. The largest absolute Gasteiger partial charge is 0.493 e. The first kappa shape index (κ1) is 13.8. The van der Waals surface area contributed by atoms with Crippen molar-refractivity contribution in [2.24, 2.45) is 0 Å². The summed E-state index contributed by atoms with van der Waals surface area (Å²) in [5.74, 6) is 2.64. The van der Waals surface area contributed by atoms with Crippen molar-refractivity contribution < 1.29 is 9.15 Å². The molecular weight excluding hydrogens is 295 g/mol. The fourth-order valence-corrected chi connectivity index (χ4v) is 3.55. The monoisotopic (exact) mass is 310 g/mol. The molecule has 0 saturated carbocycles. The molecule has 2 nitrogen and oxygen atoms in total. The third-order valence-corrected chi connectivity index (χ3v) is 4.59. The van der Waals surface area contributed by atoms with Crippen molar-refractivity contribution in [2.45, 2.75) is 32.6 Å². The molecule has 0 saturated heterocycles. The maximum absolute atomic E-state index is 6.71. The molecule has 1 atom stereocenters. The number of furan rings is 1. The number of halogens is 2. The average molecular weight is 311 g/mol. The lowest BCUT2D eigenvalue weighted by molar-refractivity contribution is 0.353. The maximum atomic E-state index is 6.71. The highest BCUT2D eigenvalue weighted by molar-refractivity contribution is 6.31. The first-order valence-electron chi connectivity index (χ1n) is 6.64. The van der Waals surface area contributed by atoms with Crippen LogP contribution in [0.4, 0.5) is 0 Å². The van der Waals surface area contributed by atoms with E-state index in [1.807, 2.05) is 32.9 Å². The molecule has 1 aliphatic heterocycles. The van der Waals surface area contributed by atoms with Crippen molar-refractivity contribution in [1.82, 2.24) is 0 Å². The van der Waals surface area contributed by atoms with Gasteiger partial charge in [-0.1, -0.05) is 11.6 Å². The van der Waals surface area contributed by atoms with Crippen LogP contribution in [0.1, 0.15) is 39.2 Å². The van der Waals surface area contributed by atoms with Gasteiger partial charge in [0.05, 0.1) is 12.0 Å². The van der Waals surface area contributed by atoms with Crippen LogP contribution < -0.4 is 4.74 Å². The summed E-state index contributed by atoms with van der Waals surface area (Å²) in [6.07, 6.45) is 0.884. The van der Waals surface area contributed by atoms with Gasteiger partial charge in [0.15, 0.2) is 0 Å². The van der Waals surface area contributed by atoms with E-state index in [-0.39, 0.29) is 5.38 Å². The number of hydrogen-bond donors (Lipinski definition) is 0. The van der Waals surface area contributed by atoms with Gasteiger partial charge in [-0.15, -0.1) is 11.6 Å². The molecule has 0 N–H and O–H groups in total. The number of ether oxygens (including phenoxy) is 1. The van der Waals surface area contributed by atoms with Gasteiger partial charge in [0.1, 0.15) is 17.3 Å². The summed E-state index contributed by atoms with van der Waals surface area (Å²) < 4.78 is 11.4. The van der Waals surface area contributed by atoms with Gasteiger partial charge in [-0.3, -0.25) is 0 Å². The Morgan fingerprint density at radius 1 is 1.15 bits per heavy atom. The second-order valence-corrected chi connectivity index (χ2v) is 6.07. The van der Waals surface area contributed by atoms with Gasteiger partial charge in [0.2, 0.25) is 0 Å². The van der Waals surface area contributed by atoms with E-state index in [9.17, 15) is 0 Å². The van der Waals surface area contributed by atoms with Crippen molar-refractivity contribution in [3.05, 3.63) is 50.9 Å². The van der Waals surface area contributed by atoms with Crippen LogP contribution in [-0.2, 0) is 6.42 Å². The van der Waals surface area contributed by atoms with Crippen molar-refractivity contribution in [3.63, 3.8) is 0 Å². The fourth-order valence-electron chi connectivity index (χ4n) is 2.83. The third kappa shape index (κ3) is 2.11. The number of rotatable bonds is 2. The highest BCUT2D eigenvalue weighted by Gasteiger charge is 2.27. The molecule has 106 valence electrons. The highest BCUT2D eigenvalue weighted by Crippen LogP contribution is 2.44. The minimum atomic E-state index is -0.307. The smallest absolute Gasteiger partial charge is 0.127 e. The summed E-state index contributed by atoms with van der Waals surface area (Å²) >= 11 is 12.9. The van der Waals surface area contributed by atoms with Gasteiger partial charge in [-0.05, 0) is 44.0 Å². The zero-order valence-corrected chi connectivity index (χ0v) is 13.2. The molecule has 2 aromatic rings. The molecule has 1 aliphatic rings. The van der Waals surface area contributed by atoms with Crippen molar-refractivity contribution >= 4 is 23.2 Å². The van der Waals surface area contributed by atoms with Crippen LogP contribution in [0.5, 0.6) is 5.75 Å². The van der Waals surface area contributed by atoms with E-state index in [1.165, 1.54) is 0 Å².